The Balaban J connectivity index is 0.00000169. The van der Waals surface area contributed by atoms with Crippen LogP contribution in [-0.4, -0.2) is 43.0 Å². The first-order valence-corrected chi connectivity index (χ1v) is 9.44. The molecule has 1 aromatic rings. The van der Waals surface area contributed by atoms with Crippen molar-refractivity contribution in [3.8, 4) is 0 Å². The third kappa shape index (κ3) is 7.43. The summed E-state index contributed by atoms with van der Waals surface area (Å²) in [5.74, 6) is 0.830. The first-order valence-electron chi connectivity index (χ1n) is 9.44. The summed E-state index contributed by atoms with van der Waals surface area (Å²) >= 11 is 0. The zero-order valence-corrected chi connectivity index (χ0v) is 17.3. The van der Waals surface area contributed by atoms with Crippen molar-refractivity contribution in [2.75, 3.05) is 20.1 Å². The highest BCUT2D eigenvalue weighted by molar-refractivity contribution is 5.85. The van der Waals surface area contributed by atoms with E-state index in [1.165, 1.54) is 31.2 Å². The summed E-state index contributed by atoms with van der Waals surface area (Å²) in [4.78, 5) is 14.4. The molecule has 1 amide bonds. The predicted octanol–water partition coefficient (Wildman–Crippen LogP) is 3.39. The van der Waals surface area contributed by atoms with Crippen LogP contribution in [0.4, 0.5) is 0 Å². The zero-order valence-electron chi connectivity index (χ0n) is 15.7. The van der Waals surface area contributed by atoms with Gasteiger partial charge in [0.15, 0.2) is 0 Å². The zero-order chi connectivity index (χ0) is 16.8. The Morgan fingerprint density at radius 3 is 2.46 bits per heavy atom. The molecule has 1 aromatic carbocycles. The molecule has 6 heteroatoms. The Bertz CT molecular complexity index is 517. The van der Waals surface area contributed by atoms with Gasteiger partial charge in [0.1, 0.15) is 0 Å². The minimum atomic E-state index is 0. The summed E-state index contributed by atoms with van der Waals surface area (Å²) < 4.78 is 0. The number of hydrogen-bond donors (Lipinski definition) is 2. The first-order chi connectivity index (χ1) is 11.7. The number of carbonyl (C=O) groups excluding carboxylic acids is 1. The van der Waals surface area contributed by atoms with Crippen LogP contribution in [0.15, 0.2) is 30.3 Å². The van der Waals surface area contributed by atoms with Gasteiger partial charge in [-0.1, -0.05) is 30.3 Å². The van der Waals surface area contributed by atoms with Gasteiger partial charge in [0, 0.05) is 31.6 Å². The molecular formula is C20H33Cl2N3O. The number of nitrogens with one attached hydrogen (secondary N) is 2. The Morgan fingerprint density at radius 1 is 1.15 bits per heavy atom. The van der Waals surface area contributed by atoms with E-state index in [0.29, 0.717) is 24.4 Å². The third-order valence-electron chi connectivity index (χ3n) is 5.38. The molecule has 2 bridgehead atoms. The predicted molar refractivity (Wildman–Crippen MR) is 112 cm³/mol. The fourth-order valence-corrected chi connectivity index (χ4v) is 4.23. The van der Waals surface area contributed by atoms with E-state index in [0.717, 1.165) is 26.1 Å². The van der Waals surface area contributed by atoms with Gasteiger partial charge in [0.2, 0.25) is 5.91 Å². The number of nitrogens with zero attached hydrogens (tertiary/aromatic N) is 1. The van der Waals surface area contributed by atoms with Crippen LogP contribution in [-0.2, 0) is 11.3 Å². The van der Waals surface area contributed by atoms with Gasteiger partial charge >= 0.3 is 0 Å². The molecule has 0 aromatic heterocycles. The van der Waals surface area contributed by atoms with Crippen molar-refractivity contribution in [1.82, 2.24) is 15.5 Å². The van der Waals surface area contributed by atoms with Gasteiger partial charge in [-0.2, -0.15) is 0 Å². The summed E-state index contributed by atoms with van der Waals surface area (Å²) in [5.41, 5.74) is 1.34. The summed E-state index contributed by atoms with van der Waals surface area (Å²) in [6, 6.07) is 11.9. The Labute approximate surface area is 170 Å². The van der Waals surface area contributed by atoms with Gasteiger partial charge in [-0.25, -0.2) is 0 Å². The second kappa shape index (κ2) is 11.8. The molecule has 0 aliphatic carbocycles. The number of carbonyl (C=O) groups is 1. The fraction of sp³-hybridized carbons (Fsp3) is 0.650. The van der Waals surface area contributed by atoms with E-state index in [9.17, 15) is 4.79 Å². The lowest BCUT2D eigenvalue weighted by molar-refractivity contribution is -0.122. The van der Waals surface area contributed by atoms with Crippen LogP contribution in [0.3, 0.4) is 0 Å². The van der Waals surface area contributed by atoms with Crippen molar-refractivity contribution >= 4 is 30.7 Å². The average Bonchev–Trinajstić information content (AvgIpc) is 2.91. The maximum absolute atomic E-state index is 12.1. The molecule has 0 saturated carbocycles. The number of benzene rings is 1. The Morgan fingerprint density at radius 2 is 1.81 bits per heavy atom. The fourth-order valence-electron chi connectivity index (χ4n) is 4.23. The summed E-state index contributed by atoms with van der Waals surface area (Å²) in [6.45, 7) is 2.76. The average molecular weight is 402 g/mol. The lowest BCUT2D eigenvalue weighted by Crippen LogP contribution is -2.39. The lowest BCUT2D eigenvalue weighted by atomic mass is 9.89. The Hall–Kier alpha value is -0.810. The van der Waals surface area contributed by atoms with Gasteiger partial charge in [-0.15, -0.1) is 24.8 Å². The number of rotatable bonds is 8. The van der Waals surface area contributed by atoms with E-state index < -0.39 is 0 Å². The molecule has 26 heavy (non-hydrogen) atoms. The van der Waals surface area contributed by atoms with Crippen LogP contribution < -0.4 is 10.6 Å². The molecule has 2 unspecified atom stereocenters. The smallest absolute Gasteiger partial charge is 0.220 e. The van der Waals surface area contributed by atoms with E-state index in [-0.39, 0.29) is 30.7 Å². The molecule has 4 nitrogen and oxygen atoms in total. The van der Waals surface area contributed by atoms with E-state index >= 15 is 0 Å². The number of fused-ring (bicyclic) bond motifs is 2. The molecule has 2 saturated heterocycles. The molecule has 0 spiro atoms. The summed E-state index contributed by atoms with van der Waals surface area (Å²) in [6.07, 6.45) is 6.70. The van der Waals surface area contributed by atoms with Gasteiger partial charge in [-0.3, -0.25) is 4.79 Å². The number of hydrogen-bond acceptors (Lipinski definition) is 3. The highest BCUT2D eigenvalue weighted by Crippen LogP contribution is 2.32. The van der Waals surface area contributed by atoms with Gasteiger partial charge in [0.05, 0.1) is 0 Å². The molecule has 2 N–H and O–H groups in total. The van der Waals surface area contributed by atoms with Crippen LogP contribution in [0, 0.1) is 5.92 Å². The third-order valence-corrected chi connectivity index (χ3v) is 5.38. The molecule has 2 fully saturated rings. The molecule has 148 valence electrons. The van der Waals surface area contributed by atoms with E-state index in [1.807, 2.05) is 6.07 Å². The maximum Gasteiger partial charge on any atom is 0.220 e. The van der Waals surface area contributed by atoms with Crippen molar-refractivity contribution in [2.45, 2.75) is 57.2 Å². The Kier molecular flexibility index (Phi) is 10.6. The normalized spacial score (nSPS) is 23.8. The van der Waals surface area contributed by atoms with Crippen molar-refractivity contribution in [2.24, 2.45) is 5.92 Å². The van der Waals surface area contributed by atoms with Crippen LogP contribution in [0.5, 0.6) is 0 Å². The van der Waals surface area contributed by atoms with Crippen molar-refractivity contribution in [3.63, 3.8) is 0 Å². The largest absolute Gasteiger partial charge is 0.356 e. The minimum Gasteiger partial charge on any atom is -0.356 e. The second-order valence-electron chi connectivity index (χ2n) is 7.61. The number of amides is 1. The highest BCUT2D eigenvalue weighted by Gasteiger charge is 2.33. The van der Waals surface area contributed by atoms with E-state index in [1.54, 1.807) is 0 Å². The topological polar surface area (TPSA) is 44.4 Å². The standard InChI is InChI=1S/C20H31N3O.2ClH/c1-23(15-16-6-3-2-4-7-16)11-5-10-21-20(24)14-17-12-18-8-9-19(13-17)22-18;;/h2-4,6-7,17-19,22H,5,8-15H2,1H3,(H,21,24);2*1H. The van der Waals surface area contributed by atoms with Crippen LogP contribution >= 0.6 is 24.8 Å². The quantitative estimate of drug-likeness (QED) is 0.656. The summed E-state index contributed by atoms with van der Waals surface area (Å²) in [5, 5.41) is 6.75. The van der Waals surface area contributed by atoms with Crippen LogP contribution in [0.1, 0.15) is 44.1 Å². The molecule has 3 rings (SSSR count). The number of piperidine rings is 1. The lowest BCUT2D eigenvalue weighted by Gasteiger charge is -2.28. The maximum atomic E-state index is 12.1. The molecule has 2 aliphatic rings. The van der Waals surface area contributed by atoms with Gasteiger partial charge in [0.25, 0.3) is 0 Å². The van der Waals surface area contributed by atoms with Crippen LogP contribution in [0.25, 0.3) is 0 Å². The minimum absolute atomic E-state index is 0. The van der Waals surface area contributed by atoms with Gasteiger partial charge < -0.3 is 15.5 Å². The van der Waals surface area contributed by atoms with Crippen molar-refractivity contribution < 1.29 is 4.79 Å². The monoisotopic (exact) mass is 401 g/mol. The van der Waals surface area contributed by atoms with E-state index in [4.69, 9.17) is 0 Å². The van der Waals surface area contributed by atoms with E-state index in [2.05, 4.69) is 46.8 Å². The first kappa shape index (κ1) is 23.2. The molecular weight excluding hydrogens is 369 g/mol. The summed E-state index contributed by atoms with van der Waals surface area (Å²) in [7, 11) is 2.14. The molecule has 0 radical (unpaired) electrons. The molecule has 2 aliphatic heterocycles. The second-order valence-corrected chi connectivity index (χ2v) is 7.61. The van der Waals surface area contributed by atoms with Crippen LogP contribution in [0.2, 0.25) is 0 Å². The SMILES string of the molecule is CN(CCCNC(=O)CC1CC2CCC(C1)N2)Cc1ccccc1.Cl.Cl. The molecule has 2 heterocycles. The molecule has 2 atom stereocenters. The van der Waals surface area contributed by atoms with Gasteiger partial charge in [-0.05, 0) is 57.2 Å². The highest BCUT2D eigenvalue weighted by atomic mass is 35.5. The number of halogens is 2. The van der Waals surface area contributed by atoms with Crippen molar-refractivity contribution in [1.29, 1.82) is 0 Å². The van der Waals surface area contributed by atoms with Crippen molar-refractivity contribution in [3.05, 3.63) is 35.9 Å².